The van der Waals surface area contributed by atoms with Gasteiger partial charge in [-0.1, -0.05) is 90.1 Å². The summed E-state index contributed by atoms with van der Waals surface area (Å²) < 4.78 is 0. The van der Waals surface area contributed by atoms with Crippen molar-refractivity contribution in [3.63, 3.8) is 0 Å². The largest absolute Gasteiger partial charge is 0.507 e. The molecule has 31 heavy (non-hydrogen) atoms. The molecule has 0 amide bonds. The molecule has 2 nitrogen and oxygen atoms in total. The molecular formula is C28H42O2S. The van der Waals surface area contributed by atoms with Gasteiger partial charge in [-0.25, -0.2) is 0 Å². The van der Waals surface area contributed by atoms with E-state index in [9.17, 15) is 10.2 Å². The van der Waals surface area contributed by atoms with E-state index >= 15 is 0 Å². The molecule has 0 aliphatic carbocycles. The Morgan fingerprint density at radius 1 is 0.613 bits per heavy atom. The maximum atomic E-state index is 10.6. The van der Waals surface area contributed by atoms with Gasteiger partial charge in [0.1, 0.15) is 11.5 Å². The van der Waals surface area contributed by atoms with Crippen LogP contribution in [0.1, 0.15) is 115 Å². The molecule has 0 spiro atoms. The van der Waals surface area contributed by atoms with E-state index in [1.807, 2.05) is 12.1 Å². The van der Waals surface area contributed by atoms with Crippen LogP contribution in [0, 0.1) is 0 Å². The van der Waals surface area contributed by atoms with Gasteiger partial charge in [-0.3, -0.25) is 0 Å². The van der Waals surface area contributed by atoms with E-state index in [1.54, 1.807) is 0 Å². The lowest BCUT2D eigenvalue weighted by Gasteiger charge is -2.19. The van der Waals surface area contributed by atoms with Gasteiger partial charge in [-0.05, 0) is 72.9 Å². The maximum absolute atomic E-state index is 10.6. The molecule has 2 rings (SSSR count). The summed E-state index contributed by atoms with van der Waals surface area (Å²) in [5.74, 6) is 1.65. The van der Waals surface area contributed by atoms with Crippen LogP contribution in [0.2, 0.25) is 0 Å². The van der Waals surface area contributed by atoms with E-state index < -0.39 is 0 Å². The molecule has 0 aliphatic rings. The van der Waals surface area contributed by atoms with E-state index in [0.29, 0.717) is 23.3 Å². The SMILES string of the molecule is CCCCC(CCC)c1ccc(O)c(Sc2cc(C(CCC)CCCC)ccc2O)c1. The average Bonchev–Trinajstić information content (AvgIpc) is 2.77. The molecule has 0 aromatic heterocycles. The highest BCUT2D eigenvalue weighted by atomic mass is 32.2. The molecule has 2 N–H and O–H groups in total. The summed E-state index contributed by atoms with van der Waals surface area (Å²) >= 11 is 1.49. The van der Waals surface area contributed by atoms with E-state index in [1.165, 1.54) is 74.3 Å². The number of aromatic hydroxyl groups is 2. The molecule has 2 atom stereocenters. The molecule has 0 bridgehead atoms. The molecule has 0 saturated carbocycles. The predicted octanol–water partition coefficient (Wildman–Crippen LogP) is 9.40. The fourth-order valence-corrected chi connectivity index (χ4v) is 5.38. The van der Waals surface area contributed by atoms with Crippen LogP contribution in [0.4, 0.5) is 0 Å². The first-order valence-electron chi connectivity index (χ1n) is 12.4. The summed E-state index contributed by atoms with van der Waals surface area (Å²) in [6.45, 7) is 8.96. The van der Waals surface area contributed by atoms with Gasteiger partial charge in [0.25, 0.3) is 0 Å². The molecule has 0 saturated heterocycles. The van der Waals surface area contributed by atoms with Crippen LogP contribution in [-0.2, 0) is 0 Å². The first kappa shape index (κ1) is 25.6. The van der Waals surface area contributed by atoms with Gasteiger partial charge in [-0.15, -0.1) is 0 Å². The highest BCUT2D eigenvalue weighted by Gasteiger charge is 2.17. The summed E-state index contributed by atoms with van der Waals surface area (Å²) in [5, 5.41) is 21.1. The third-order valence-electron chi connectivity index (χ3n) is 6.22. The molecule has 2 aromatic rings. The van der Waals surface area contributed by atoms with E-state index in [-0.39, 0.29) is 0 Å². The summed E-state index contributed by atoms with van der Waals surface area (Å²) in [7, 11) is 0. The van der Waals surface area contributed by atoms with E-state index in [4.69, 9.17) is 0 Å². The van der Waals surface area contributed by atoms with Gasteiger partial charge in [0, 0.05) is 0 Å². The van der Waals surface area contributed by atoms with Gasteiger partial charge in [0.15, 0.2) is 0 Å². The van der Waals surface area contributed by atoms with Crippen molar-refractivity contribution in [1.82, 2.24) is 0 Å². The van der Waals surface area contributed by atoms with Gasteiger partial charge >= 0.3 is 0 Å². The summed E-state index contributed by atoms with van der Waals surface area (Å²) in [6.07, 6.45) is 11.9. The predicted molar refractivity (Wildman–Crippen MR) is 135 cm³/mol. The van der Waals surface area contributed by atoms with Crippen LogP contribution >= 0.6 is 11.8 Å². The Morgan fingerprint density at radius 3 is 1.39 bits per heavy atom. The van der Waals surface area contributed by atoms with Crippen molar-refractivity contribution in [2.75, 3.05) is 0 Å². The van der Waals surface area contributed by atoms with Crippen molar-refractivity contribution in [3.05, 3.63) is 47.5 Å². The number of phenols is 2. The number of hydrogen-bond acceptors (Lipinski definition) is 3. The first-order valence-corrected chi connectivity index (χ1v) is 13.2. The van der Waals surface area contributed by atoms with Crippen molar-refractivity contribution >= 4 is 11.8 Å². The Bertz CT molecular complexity index is 721. The van der Waals surface area contributed by atoms with Crippen molar-refractivity contribution in [2.45, 2.75) is 114 Å². The molecular weight excluding hydrogens is 400 g/mol. The van der Waals surface area contributed by atoms with Crippen LogP contribution in [0.15, 0.2) is 46.2 Å². The zero-order chi connectivity index (χ0) is 22.6. The Balaban J connectivity index is 2.30. The quantitative estimate of drug-likeness (QED) is 0.306. The monoisotopic (exact) mass is 442 g/mol. The van der Waals surface area contributed by atoms with Crippen LogP contribution in [0.3, 0.4) is 0 Å². The smallest absolute Gasteiger partial charge is 0.129 e. The standard InChI is InChI=1S/C28H42O2S/c1-5-9-13-21(11-7-3)23-15-17-25(29)27(19-23)31-28-20-24(16-18-26(28)30)22(12-8-4)14-10-6-2/h15-22,29-30H,5-14H2,1-4H3. The van der Waals surface area contributed by atoms with Gasteiger partial charge in [0.05, 0.1) is 9.79 Å². The lowest BCUT2D eigenvalue weighted by molar-refractivity contribution is 0.458. The lowest BCUT2D eigenvalue weighted by atomic mass is 9.89. The van der Waals surface area contributed by atoms with Crippen molar-refractivity contribution in [1.29, 1.82) is 0 Å². The number of hydrogen-bond donors (Lipinski definition) is 2. The molecule has 0 radical (unpaired) electrons. The van der Waals surface area contributed by atoms with Gasteiger partial charge < -0.3 is 10.2 Å². The van der Waals surface area contributed by atoms with Crippen molar-refractivity contribution in [3.8, 4) is 11.5 Å². The number of unbranched alkanes of at least 4 members (excludes halogenated alkanes) is 2. The highest BCUT2D eigenvalue weighted by Crippen LogP contribution is 2.42. The molecule has 2 unspecified atom stereocenters. The zero-order valence-corrected chi connectivity index (χ0v) is 20.8. The number of phenolic OH excluding ortho intramolecular Hbond substituents is 2. The normalized spacial score (nSPS) is 13.3. The molecule has 0 heterocycles. The summed E-state index contributed by atoms with van der Waals surface area (Å²) in [5.41, 5.74) is 2.61. The topological polar surface area (TPSA) is 40.5 Å². The van der Waals surface area contributed by atoms with E-state index in [0.717, 1.165) is 22.6 Å². The molecule has 0 fully saturated rings. The minimum atomic E-state index is 0.292. The zero-order valence-electron chi connectivity index (χ0n) is 20.0. The van der Waals surface area contributed by atoms with E-state index in [2.05, 4.69) is 52.0 Å². The Kier molecular flexibility index (Phi) is 11.4. The lowest BCUT2D eigenvalue weighted by Crippen LogP contribution is -2.00. The Hall–Kier alpha value is -1.61. The number of rotatable bonds is 14. The second-order valence-electron chi connectivity index (χ2n) is 8.81. The summed E-state index contributed by atoms with van der Waals surface area (Å²) in [6, 6.07) is 12.1. The molecule has 3 heteroatoms. The molecule has 2 aromatic carbocycles. The third-order valence-corrected chi connectivity index (χ3v) is 7.31. The van der Waals surface area contributed by atoms with Gasteiger partial charge in [0.2, 0.25) is 0 Å². The first-order chi connectivity index (χ1) is 15.0. The van der Waals surface area contributed by atoms with Gasteiger partial charge in [-0.2, -0.15) is 0 Å². The van der Waals surface area contributed by atoms with Crippen LogP contribution < -0.4 is 0 Å². The van der Waals surface area contributed by atoms with Crippen molar-refractivity contribution in [2.24, 2.45) is 0 Å². The maximum Gasteiger partial charge on any atom is 0.129 e. The van der Waals surface area contributed by atoms with Crippen LogP contribution in [0.25, 0.3) is 0 Å². The van der Waals surface area contributed by atoms with Crippen molar-refractivity contribution < 1.29 is 10.2 Å². The average molecular weight is 443 g/mol. The second-order valence-corrected chi connectivity index (χ2v) is 9.90. The van der Waals surface area contributed by atoms with Crippen LogP contribution in [-0.4, -0.2) is 10.2 Å². The number of benzene rings is 2. The molecule has 172 valence electrons. The fourth-order valence-electron chi connectivity index (χ4n) is 4.40. The molecule has 0 aliphatic heterocycles. The second kappa shape index (κ2) is 13.7. The Labute approximate surface area is 194 Å². The highest BCUT2D eigenvalue weighted by molar-refractivity contribution is 7.99. The fraction of sp³-hybridized carbons (Fsp3) is 0.571. The van der Waals surface area contributed by atoms with Crippen LogP contribution in [0.5, 0.6) is 11.5 Å². The minimum Gasteiger partial charge on any atom is -0.507 e. The third kappa shape index (κ3) is 7.79. The minimum absolute atomic E-state index is 0.292. The Morgan fingerprint density at radius 2 is 1.03 bits per heavy atom. The summed E-state index contributed by atoms with van der Waals surface area (Å²) in [4.78, 5) is 1.67.